The Kier molecular flexibility index (Phi) is 4.32. The molecule has 0 unspecified atom stereocenters. The summed E-state index contributed by atoms with van der Waals surface area (Å²) >= 11 is 6.25. The molecule has 4 aromatic rings. The van der Waals surface area contributed by atoms with Gasteiger partial charge in [0.15, 0.2) is 11.5 Å². The Bertz CT molecular complexity index is 1260. The van der Waals surface area contributed by atoms with Crippen LogP contribution in [0, 0.1) is 6.92 Å². The SMILES string of the molecule is Cc1c(C(=O)OCc2cc(Cl)c3c(c2)OCCO3)oc2c1ccc1ccccc12. The lowest BCUT2D eigenvalue weighted by molar-refractivity contribution is 0.0437. The number of esters is 1. The van der Waals surface area contributed by atoms with Gasteiger partial charge < -0.3 is 18.6 Å². The summed E-state index contributed by atoms with van der Waals surface area (Å²) in [6.45, 7) is 2.82. The molecule has 1 aromatic heterocycles. The van der Waals surface area contributed by atoms with Crippen molar-refractivity contribution in [2.24, 2.45) is 0 Å². The van der Waals surface area contributed by atoms with Crippen LogP contribution >= 0.6 is 11.6 Å². The summed E-state index contributed by atoms with van der Waals surface area (Å²) in [5.74, 6) is 0.767. The number of fused-ring (bicyclic) bond motifs is 4. The van der Waals surface area contributed by atoms with E-state index in [9.17, 15) is 4.79 Å². The van der Waals surface area contributed by atoms with E-state index in [0.29, 0.717) is 40.9 Å². The Morgan fingerprint density at radius 2 is 1.90 bits per heavy atom. The molecule has 5 nitrogen and oxygen atoms in total. The standard InChI is InChI=1S/C23H17ClO5/c1-13-16-7-6-15-4-2-3-5-17(15)21(16)29-20(13)23(25)28-12-14-10-18(24)22-19(11-14)26-8-9-27-22/h2-7,10-11H,8-9,12H2,1H3. The fraction of sp³-hybridized carbons (Fsp3) is 0.174. The summed E-state index contributed by atoms with van der Waals surface area (Å²) in [6, 6.07) is 15.4. The highest BCUT2D eigenvalue weighted by molar-refractivity contribution is 6.32. The van der Waals surface area contributed by atoms with Gasteiger partial charge in [0.2, 0.25) is 5.76 Å². The molecular weight excluding hydrogens is 392 g/mol. The van der Waals surface area contributed by atoms with E-state index in [1.807, 2.05) is 43.3 Å². The monoisotopic (exact) mass is 408 g/mol. The minimum Gasteiger partial charge on any atom is -0.486 e. The van der Waals surface area contributed by atoms with Gasteiger partial charge in [0, 0.05) is 16.3 Å². The average Bonchev–Trinajstić information content (AvgIpc) is 3.09. The van der Waals surface area contributed by atoms with E-state index in [0.717, 1.165) is 21.7 Å². The minimum atomic E-state index is -0.520. The Labute approximate surface area is 171 Å². The third kappa shape index (κ3) is 3.08. The molecule has 0 radical (unpaired) electrons. The van der Waals surface area contributed by atoms with Gasteiger partial charge in [0.05, 0.1) is 5.02 Å². The molecule has 0 amide bonds. The second kappa shape index (κ2) is 7.01. The van der Waals surface area contributed by atoms with Crippen LogP contribution in [0.15, 0.2) is 52.9 Å². The van der Waals surface area contributed by atoms with E-state index in [1.54, 1.807) is 12.1 Å². The second-order valence-corrected chi connectivity index (χ2v) is 7.30. The summed E-state index contributed by atoms with van der Waals surface area (Å²) in [6.07, 6.45) is 0. The van der Waals surface area contributed by atoms with E-state index >= 15 is 0 Å². The number of carbonyl (C=O) groups excluding carboxylic acids is 1. The van der Waals surface area contributed by atoms with E-state index in [4.69, 9.17) is 30.2 Å². The van der Waals surface area contributed by atoms with Gasteiger partial charge in [-0.3, -0.25) is 0 Å². The van der Waals surface area contributed by atoms with E-state index in [1.165, 1.54) is 0 Å². The number of halogens is 1. The van der Waals surface area contributed by atoms with Gasteiger partial charge in [-0.15, -0.1) is 0 Å². The molecule has 0 fully saturated rings. The van der Waals surface area contributed by atoms with Crippen LogP contribution in [0.5, 0.6) is 11.5 Å². The summed E-state index contributed by atoms with van der Waals surface area (Å²) in [7, 11) is 0. The largest absolute Gasteiger partial charge is 0.486 e. The number of furan rings is 1. The minimum absolute atomic E-state index is 0.0480. The number of rotatable bonds is 3. The van der Waals surface area contributed by atoms with Gasteiger partial charge in [-0.2, -0.15) is 0 Å². The fourth-order valence-electron chi connectivity index (χ4n) is 3.61. The summed E-state index contributed by atoms with van der Waals surface area (Å²) < 4.78 is 22.5. The molecule has 1 aliphatic rings. The van der Waals surface area contributed by atoms with Gasteiger partial charge in [-0.1, -0.05) is 48.0 Å². The molecular formula is C23H17ClO5. The maximum Gasteiger partial charge on any atom is 0.374 e. The first-order valence-electron chi connectivity index (χ1n) is 9.28. The Balaban J connectivity index is 1.43. The summed E-state index contributed by atoms with van der Waals surface area (Å²) in [5, 5.41) is 3.35. The quantitative estimate of drug-likeness (QED) is 0.408. The van der Waals surface area contributed by atoms with Crippen LogP contribution in [-0.4, -0.2) is 19.2 Å². The zero-order chi connectivity index (χ0) is 20.0. The van der Waals surface area contributed by atoms with Crippen LogP contribution in [0.25, 0.3) is 21.7 Å². The first kappa shape index (κ1) is 17.9. The topological polar surface area (TPSA) is 57.9 Å². The lowest BCUT2D eigenvalue weighted by Gasteiger charge is -2.20. The third-order valence-electron chi connectivity index (χ3n) is 5.04. The molecule has 3 aromatic carbocycles. The number of aryl methyl sites for hydroxylation is 1. The average molecular weight is 409 g/mol. The third-order valence-corrected chi connectivity index (χ3v) is 5.32. The molecule has 0 spiro atoms. The molecule has 29 heavy (non-hydrogen) atoms. The predicted octanol–water partition coefficient (Wildman–Crippen LogP) is 5.68. The highest BCUT2D eigenvalue weighted by atomic mass is 35.5. The van der Waals surface area contributed by atoms with Gasteiger partial charge in [0.25, 0.3) is 0 Å². The molecule has 0 N–H and O–H groups in total. The molecule has 0 bridgehead atoms. The summed E-state index contributed by atoms with van der Waals surface area (Å²) in [5.41, 5.74) is 2.16. The van der Waals surface area contributed by atoms with Crippen LogP contribution < -0.4 is 9.47 Å². The van der Waals surface area contributed by atoms with Crippen LogP contribution in [0.2, 0.25) is 5.02 Å². The van der Waals surface area contributed by atoms with Crippen molar-refractivity contribution in [3.05, 3.63) is 70.4 Å². The van der Waals surface area contributed by atoms with Crippen molar-refractivity contribution in [2.45, 2.75) is 13.5 Å². The first-order chi connectivity index (χ1) is 14.1. The molecule has 1 aliphatic heterocycles. The molecule has 6 heteroatoms. The fourth-order valence-corrected chi connectivity index (χ4v) is 3.89. The molecule has 5 rings (SSSR count). The highest BCUT2D eigenvalue weighted by Crippen LogP contribution is 2.38. The molecule has 2 heterocycles. The number of ether oxygens (including phenoxy) is 3. The summed E-state index contributed by atoms with van der Waals surface area (Å²) in [4.78, 5) is 12.7. The second-order valence-electron chi connectivity index (χ2n) is 6.90. The zero-order valence-electron chi connectivity index (χ0n) is 15.7. The normalized spacial score (nSPS) is 13.0. The molecule has 0 saturated carbocycles. The van der Waals surface area contributed by atoms with Gasteiger partial charge in [-0.05, 0) is 30.0 Å². The van der Waals surface area contributed by atoms with Crippen LogP contribution in [0.3, 0.4) is 0 Å². The van der Waals surface area contributed by atoms with Crippen LogP contribution in [0.1, 0.15) is 21.7 Å². The Morgan fingerprint density at radius 3 is 2.79 bits per heavy atom. The number of benzene rings is 3. The van der Waals surface area contributed by atoms with Crippen molar-refractivity contribution in [3.8, 4) is 11.5 Å². The molecule has 146 valence electrons. The Hall–Kier alpha value is -3.18. The first-order valence-corrected chi connectivity index (χ1v) is 9.65. The van der Waals surface area contributed by atoms with Crippen molar-refractivity contribution in [1.29, 1.82) is 0 Å². The lowest BCUT2D eigenvalue weighted by atomic mass is 10.1. The van der Waals surface area contributed by atoms with Gasteiger partial charge >= 0.3 is 5.97 Å². The highest BCUT2D eigenvalue weighted by Gasteiger charge is 2.21. The van der Waals surface area contributed by atoms with Crippen molar-refractivity contribution < 1.29 is 23.4 Å². The van der Waals surface area contributed by atoms with Crippen molar-refractivity contribution in [3.63, 3.8) is 0 Å². The van der Waals surface area contributed by atoms with E-state index < -0.39 is 5.97 Å². The van der Waals surface area contributed by atoms with E-state index in [2.05, 4.69) is 0 Å². The van der Waals surface area contributed by atoms with E-state index in [-0.39, 0.29) is 12.4 Å². The van der Waals surface area contributed by atoms with Crippen molar-refractivity contribution in [1.82, 2.24) is 0 Å². The number of carbonyl (C=O) groups is 1. The predicted molar refractivity (Wildman–Crippen MR) is 110 cm³/mol. The van der Waals surface area contributed by atoms with Crippen LogP contribution in [0.4, 0.5) is 0 Å². The van der Waals surface area contributed by atoms with Crippen molar-refractivity contribution in [2.75, 3.05) is 13.2 Å². The van der Waals surface area contributed by atoms with Crippen molar-refractivity contribution >= 4 is 39.3 Å². The maximum atomic E-state index is 12.7. The molecule has 0 atom stereocenters. The van der Waals surface area contributed by atoms with Crippen LogP contribution in [-0.2, 0) is 11.3 Å². The van der Waals surface area contributed by atoms with Gasteiger partial charge in [-0.25, -0.2) is 4.79 Å². The Morgan fingerprint density at radius 1 is 1.07 bits per heavy atom. The van der Waals surface area contributed by atoms with Gasteiger partial charge in [0.1, 0.15) is 25.4 Å². The molecule has 0 saturated heterocycles. The lowest BCUT2D eigenvalue weighted by Crippen LogP contribution is -2.16. The number of hydrogen-bond donors (Lipinski definition) is 0. The zero-order valence-corrected chi connectivity index (χ0v) is 16.4. The molecule has 0 aliphatic carbocycles. The number of hydrogen-bond acceptors (Lipinski definition) is 5. The maximum absolute atomic E-state index is 12.7. The smallest absolute Gasteiger partial charge is 0.374 e.